The molecule has 0 saturated carbocycles. The van der Waals surface area contributed by atoms with Gasteiger partial charge in [0.05, 0.1) is 5.92 Å². The molecule has 136 valence electrons. The number of hydrogen-bond donors (Lipinski definition) is 2. The molecule has 24 heavy (non-hydrogen) atoms. The number of halogens is 2. The maximum Gasteiger partial charge on any atom is 0.230 e. The Kier molecular flexibility index (Phi) is 9.89. The molecule has 1 aromatic heterocycles. The molecule has 1 aliphatic heterocycles. The molecule has 1 aromatic rings. The molecule has 6 nitrogen and oxygen atoms in total. The molecule has 2 unspecified atom stereocenters. The van der Waals surface area contributed by atoms with Crippen LogP contribution >= 0.6 is 24.8 Å². The van der Waals surface area contributed by atoms with Gasteiger partial charge < -0.3 is 16.0 Å². The number of aryl methyl sites for hydroxylation is 1. The highest BCUT2D eigenvalue weighted by Crippen LogP contribution is 2.20. The van der Waals surface area contributed by atoms with E-state index < -0.39 is 0 Å². The van der Waals surface area contributed by atoms with E-state index in [2.05, 4.69) is 10.3 Å². The van der Waals surface area contributed by atoms with Crippen molar-refractivity contribution in [2.75, 3.05) is 25.0 Å². The molecule has 2 rings (SSSR count). The van der Waals surface area contributed by atoms with Crippen molar-refractivity contribution >= 4 is 42.4 Å². The van der Waals surface area contributed by atoms with Crippen LogP contribution in [-0.4, -0.2) is 41.3 Å². The van der Waals surface area contributed by atoms with Crippen molar-refractivity contribution in [2.45, 2.75) is 26.7 Å². The third kappa shape index (κ3) is 5.92. The lowest BCUT2D eigenvalue weighted by atomic mass is 9.96. The van der Waals surface area contributed by atoms with Gasteiger partial charge in [0.2, 0.25) is 11.8 Å². The van der Waals surface area contributed by atoms with Crippen molar-refractivity contribution in [3.8, 4) is 0 Å². The fraction of sp³-hybridized carbons (Fsp3) is 0.562. The Bertz CT molecular complexity index is 557. The average Bonchev–Trinajstić information content (AvgIpc) is 2.53. The summed E-state index contributed by atoms with van der Waals surface area (Å²) in [5.41, 5.74) is 6.41. The van der Waals surface area contributed by atoms with E-state index in [-0.39, 0.29) is 48.5 Å². The largest absolute Gasteiger partial charge is 0.342 e. The Morgan fingerprint density at radius 3 is 2.75 bits per heavy atom. The van der Waals surface area contributed by atoms with E-state index in [1.54, 1.807) is 11.0 Å². The summed E-state index contributed by atoms with van der Waals surface area (Å²) in [6, 6.07) is 5.51. The highest BCUT2D eigenvalue weighted by molar-refractivity contribution is 5.92. The lowest BCUT2D eigenvalue weighted by molar-refractivity contribution is -0.137. The van der Waals surface area contributed by atoms with E-state index in [4.69, 9.17) is 5.73 Å². The van der Waals surface area contributed by atoms with Crippen molar-refractivity contribution in [3.05, 3.63) is 23.9 Å². The lowest BCUT2D eigenvalue weighted by Gasteiger charge is -2.33. The van der Waals surface area contributed by atoms with E-state index >= 15 is 0 Å². The van der Waals surface area contributed by atoms with Crippen LogP contribution in [0.15, 0.2) is 18.2 Å². The maximum atomic E-state index is 12.4. The van der Waals surface area contributed by atoms with Gasteiger partial charge in [0.15, 0.2) is 0 Å². The van der Waals surface area contributed by atoms with Crippen molar-refractivity contribution in [1.29, 1.82) is 0 Å². The molecule has 2 heterocycles. The molecule has 8 heteroatoms. The third-order valence-electron chi connectivity index (χ3n) is 4.02. The highest BCUT2D eigenvalue weighted by atomic mass is 35.5. The van der Waals surface area contributed by atoms with Gasteiger partial charge in [-0.05, 0) is 31.9 Å². The zero-order valence-corrected chi connectivity index (χ0v) is 15.7. The van der Waals surface area contributed by atoms with Gasteiger partial charge >= 0.3 is 0 Å². The molecule has 1 aliphatic rings. The minimum absolute atomic E-state index is 0. The second kappa shape index (κ2) is 10.5. The summed E-state index contributed by atoms with van der Waals surface area (Å²) in [6.45, 7) is 5.20. The molecule has 3 N–H and O–H groups in total. The summed E-state index contributed by atoms with van der Waals surface area (Å²) in [4.78, 5) is 30.6. The molecule has 0 aromatic carbocycles. The van der Waals surface area contributed by atoms with Gasteiger partial charge in [-0.3, -0.25) is 9.59 Å². The first-order valence-corrected chi connectivity index (χ1v) is 7.74. The van der Waals surface area contributed by atoms with Crippen molar-refractivity contribution < 1.29 is 9.59 Å². The lowest BCUT2D eigenvalue weighted by Crippen LogP contribution is -2.46. The zero-order valence-electron chi connectivity index (χ0n) is 14.0. The number of aromatic nitrogens is 1. The van der Waals surface area contributed by atoms with Crippen LogP contribution in [0, 0.1) is 18.8 Å². The molecular formula is C16H26Cl2N4O2. The molecule has 0 spiro atoms. The van der Waals surface area contributed by atoms with Crippen LogP contribution in [0.1, 0.15) is 25.5 Å². The number of rotatable bonds is 4. The van der Waals surface area contributed by atoms with Gasteiger partial charge in [-0.15, -0.1) is 24.8 Å². The normalized spacial score (nSPS) is 18.0. The summed E-state index contributed by atoms with van der Waals surface area (Å²) < 4.78 is 0. The minimum Gasteiger partial charge on any atom is -0.342 e. The fourth-order valence-corrected chi connectivity index (χ4v) is 2.64. The predicted octanol–water partition coefficient (Wildman–Crippen LogP) is 2.01. The van der Waals surface area contributed by atoms with Gasteiger partial charge in [-0.25, -0.2) is 4.98 Å². The number of pyridine rings is 1. The number of nitrogens with one attached hydrogen (secondary N) is 1. The number of piperidine rings is 1. The average molecular weight is 377 g/mol. The standard InChI is InChI=1S/C16H24N4O2.2ClH/c1-11(9-17)16(22)20-8-4-6-13(10-20)15(21)19-14-7-3-5-12(2)18-14;;/h3,5,7,11,13H,4,6,8-10,17H2,1-2H3,(H,18,19,21);2*1H. The zero-order chi connectivity index (χ0) is 16.1. The van der Waals surface area contributed by atoms with Crippen LogP contribution in [0.2, 0.25) is 0 Å². The number of anilines is 1. The van der Waals surface area contributed by atoms with Crippen molar-refractivity contribution in [3.63, 3.8) is 0 Å². The number of hydrogen-bond acceptors (Lipinski definition) is 4. The van der Waals surface area contributed by atoms with Crippen LogP contribution in [0.5, 0.6) is 0 Å². The summed E-state index contributed by atoms with van der Waals surface area (Å²) >= 11 is 0. The topological polar surface area (TPSA) is 88.3 Å². The van der Waals surface area contributed by atoms with Crippen LogP contribution in [-0.2, 0) is 9.59 Å². The van der Waals surface area contributed by atoms with Crippen LogP contribution in [0.3, 0.4) is 0 Å². The van der Waals surface area contributed by atoms with Gasteiger partial charge in [0.1, 0.15) is 5.82 Å². The molecule has 2 atom stereocenters. The Balaban J connectivity index is 0.00000264. The van der Waals surface area contributed by atoms with Gasteiger partial charge in [0, 0.05) is 31.2 Å². The molecule has 0 aliphatic carbocycles. The highest BCUT2D eigenvalue weighted by Gasteiger charge is 2.30. The predicted molar refractivity (Wildman–Crippen MR) is 99.6 cm³/mol. The second-order valence-corrected chi connectivity index (χ2v) is 5.91. The van der Waals surface area contributed by atoms with Crippen molar-refractivity contribution in [2.24, 2.45) is 17.6 Å². The summed E-state index contributed by atoms with van der Waals surface area (Å²) in [5, 5.41) is 2.84. The van der Waals surface area contributed by atoms with Gasteiger partial charge in [-0.1, -0.05) is 13.0 Å². The van der Waals surface area contributed by atoms with E-state index in [0.717, 1.165) is 18.5 Å². The summed E-state index contributed by atoms with van der Waals surface area (Å²) in [7, 11) is 0. The number of nitrogens with two attached hydrogens (primary N) is 1. The Hall–Kier alpha value is -1.37. The number of likely N-dealkylation sites (tertiary alicyclic amines) is 1. The van der Waals surface area contributed by atoms with Crippen LogP contribution in [0.4, 0.5) is 5.82 Å². The molecule has 2 amide bonds. The first-order valence-electron chi connectivity index (χ1n) is 7.74. The summed E-state index contributed by atoms with van der Waals surface area (Å²) in [6.07, 6.45) is 1.63. The minimum atomic E-state index is -0.194. The molecule has 0 bridgehead atoms. The quantitative estimate of drug-likeness (QED) is 0.840. The maximum absolute atomic E-state index is 12.4. The molecule has 1 fully saturated rings. The van der Waals surface area contributed by atoms with Crippen LogP contribution < -0.4 is 11.1 Å². The molecule has 1 saturated heterocycles. The first-order chi connectivity index (χ1) is 10.5. The van der Waals surface area contributed by atoms with Gasteiger partial charge in [0.25, 0.3) is 0 Å². The molecular weight excluding hydrogens is 351 g/mol. The van der Waals surface area contributed by atoms with E-state index in [9.17, 15) is 9.59 Å². The second-order valence-electron chi connectivity index (χ2n) is 5.91. The SMILES string of the molecule is Cc1cccc(NC(=O)C2CCCN(C(=O)C(C)CN)C2)n1.Cl.Cl. The van der Waals surface area contributed by atoms with Crippen molar-refractivity contribution in [1.82, 2.24) is 9.88 Å². The Morgan fingerprint density at radius 2 is 2.12 bits per heavy atom. The smallest absolute Gasteiger partial charge is 0.230 e. The Morgan fingerprint density at radius 1 is 1.42 bits per heavy atom. The number of nitrogens with zero attached hydrogens (tertiary/aromatic N) is 2. The monoisotopic (exact) mass is 376 g/mol. The fourth-order valence-electron chi connectivity index (χ4n) is 2.64. The van der Waals surface area contributed by atoms with Gasteiger partial charge in [-0.2, -0.15) is 0 Å². The Labute approximate surface area is 155 Å². The van der Waals surface area contributed by atoms with E-state index in [1.165, 1.54) is 0 Å². The number of amides is 2. The number of carbonyl (C=O) groups is 2. The van der Waals surface area contributed by atoms with Crippen LogP contribution in [0.25, 0.3) is 0 Å². The first kappa shape index (κ1) is 22.6. The third-order valence-corrected chi connectivity index (χ3v) is 4.02. The van der Waals surface area contributed by atoms with E-state index in [1.807, 2.05) is 26.0 Å². The molecule has 0 radical (unpaired) electrons. The summed E-state index contributed by atoms with van der Waals surface area (Å²) in [5.74, 6) is 0.138. The van der Waals surface area contributed by atoms with E-state index in [0.29, 0.717) is 25.5 Å². The number of carbonyl (C=O) groups excluding carboxylic acids is 2.